The minimum absolute atomic E-state index is 0. The average molecular weight is 450 g/mol. The van der Waals surface area contributed by atoms with Gasteiger partial charge in [0.1, 0.15) is 11.5 Å². The monoisotopic (exact) mass is 449 g/mol. The summed E-state index contributed by atoms with van der Waals surface area (Å²) in [4.78, 5) is 14.7. The molecular weight excluding hydrogens is 417 g/mol. The highest BCUT2D eigenvalue weighted by atomic mass is 35.5. The average Bonchev–Trinajstić information content (AvgIpc) is 3.20. The number of carbonyl (C=O) groups excluding carboxylic acids is 1. The van der Waals surface area contributed by atoms with Gasteiger partial charge in [-0.3, -0.25) is 4.79 Å². The lowest BCUT2D eigenvalue weighted by Gasteiger charge is -2.27. The van der Waals surface area contributed by atoms with Crippen LogP contribution in [0, 0.1) is 11.8 Å². The van der Waals surface area contributed by atoms with E-state index in [0.717, 1.165) is 49.5 Å². The summed E-state index contributed by atoms with van der Waals surface area (Å²) in [6.45, 7) is 3.90. The molecule has 3 N–H and O–H groups in total. The highest BCUT2D eigenvalue weighted by Gasteiger charge is 2.28. The molecule has 0 aliphatic carbocycles. The molecule has 0 aromatic heterocycles. The summed E-state index contributed by atoms with van der Waals surface area (Å²) < 4.78 is 16.1. The van der Waals surface area contributed by atoms with Crippen molar-refractivity contribution in [2.45, 2.75) is 25.3 Å². The molecule has 9 heteroatoms. The lowest BCUT2D eigenvalue weighted by atomic mass is 9.92. The predicted octanol–water partition coefficient (Wildman–Crippen LogP) is 2.24. The zero-order chi connectivity index (χ0) is 19.2. The molecule has 2 fully saturated rings. The number of nitrogens with two attached hydrogens (primary N) is 1. The zero-order valence-electron chi connectivity index (χ0n) is 17.1. The Morgan fingerprint density at radius 1 is 1.17 bits per heavy atom. The molecular formula is C20H33Cl2N3O4. The molecule has 29 heavy (non-hydrogen) atoms. The number of anilines is 1. The number of amides is 1. The molecule has 2 aliphatic heterocycles. The molecule has 166 valence electrons. The lowest BCUT2D eigenvalue weighted by molar-refractivity contribution is -0.124. The van der Waals surface area contributed by atoms with Crippen LogP contribution in [0.4, 0.5) is 5.69 Å². The Labute approximate surface area is 185 Å². The molecule has 3 rings (SSSR count). The van der Waals surface area contributed by atoms with Crippen molar-refractivity contribution in [2.24, 2.45) is 17.6 Å². The Morgan fingerprint density at radius 3 is 2.38 bits per heavy atom. The van der Waals surface area contributed by atoms with Crippen molar-refractivity contribution in [2.75, 3.05) is 52.0 Å². The van der Waals surface area contributed by atoms with E-state index in [1.54, 1.807) is 14.2 Å². The second-order valence-corrected chi connectivity index (χ2v) is 7.39. The Bertz CT molecular complexity index is 622. The highest BCUT2D eigenvalue weighted by Crippen LogP contribution is 2.31. The van der Waals surface area contributed by atoms with Crippen LogP contribution in [0.5, 0.6) is 11.5 Å². The van der Waals surface area contributed by atoms with Gasteiger partial charge in [-0.2, -0.15) is 0 Å². The Morgan fingerprint density at radius 2 is 1.79 bits per heavy atom. The maximum Gasteiger partial charge on any atom is 0.237 e. The number of nitrogens with one attached hydrogen (secondary N) is 1. The van der Waals surface area contributed by atoms with E-state index in [4.69, 9.17) is 19.9 Å². The van der Waals surface area contributed by atoms with Crippen molar-refractivity contribution in [1.82, 2.24) is 5.32 Å². The van der Waals surface area contributed by atoms with E-state index in [0.29, 0.717) is 25.7 Å². The van der Waals surface area contributed by atoms with Gasteiger partial charge < -0.3 is 30.2 Å². The van der Waals surface area contributed by atoms with Crippen molar-refractivity contribution < 1.29 is 19.0 Å². The molecule has 2 aliphatic rings. The molecule has 1 aromatic rings. The Kier molecular flexibility index (Phi) is 10.9. The van der Waals surface area contributed by atoms with Crippen molar-refractivity contribution in [3.8, 4) is 11.5 Å². The van der Waals surface area contributed by atoms with Crippen molar-refractivity contribution in [1.29, 1.82) is 0 Å². The van der Waals surface area contributed by atoms with Gasteiger partial charge in [-0.25, -0.2) is 0 Å². The van der Waals surface area contributed by atoms with Gasteiger partial charge in [-0.05, 0) is 31.1 Å². The maximum atomic E-state index is 12.4. The fraction of sp³-hybridized carbons (Fsp3) is 0.650. The summed E-state index contributed by atoms with van der Waals surface area (Å²) in [7, 11) is 3.31. The lowest BCUT2D eigenvalue weighted by Crippen LogP contribution is -2.48. The van der Waals surface area contributed by atoms with Crippen molar-refractivity contribution in [3.05, 3.63) is 18.2 Å². The number of rotatable bonds is 7. The van der Waals surface area contributed by atoms with Gasteiger partial charge in [0.15, 0.2) is 0 Å². The van der Waals surface area contributed by atoms with Crippen LogP contribution < -0.4 is 25.4 Å². The predicted molar refractivity (Wildman–Crippen MR) is 119 cm³/mol. The van der Waals surface area contributed by atoms with Crippen LogP contribution in [0.25, 0.3) is 0 Å². The molecule has 0 bridgehead atoms. The summed E-state index contributed by atoms with van der Waals surface area (Å²) in [6.07, 6.45) is 2.76. The fourth-order valence-electron chi connectivity index (χ4n) is 3.86. The molecule has 7 nitrogen and oxygen atoms in total. The van der Waals surface area contributed by atoms with E-state index < -0.39 is 6.04 Å². The number of hydrogen-bond acceptors (Lipinski definition) is 6. The van der Waals surface area contributed by atoms with E-state index >= 15 is 0 Å². The van der Waals surface area contributed by atoms with E-state index in [1.807, 2.05) is 18.2 Å². The highest BCUT2D eigenvalue weighted by molar-refractivity contribution is 5.85. The minimum atomic E-state index is -0.436. The molecule has 2 heterocycles. The number of nitrogens with zero attached hydrogens (tertiary/aromatic N) is 1. The van der Waals surface area contributed by atoms with Gasteiger partial charge in [0.05, 0.1) is 20.3 Å². The van der Waals surface area contributed by atoms with Crippen LogP contribution in [0.2, 0.25) is 0 Å². The van der Waals surface area contributed by atoms with Gasteiger partial charge in [0, 0.05) is 56.7 Å². The third-order valence-electron chi connectivity index (χ3n) is 5.63. The van der Waals surface area contributed by atoms with Crippen LogP contribution in [-0.2, 0) is 9.53 Å². The first-order valence-electron chi connectivity index (χ1n) is 9.69. The topological polar surface area (TPSA) is 86.1 Å². The van der Waals surface area contributed by atoms with Gasteiger partial charge in [0.25, 0.3) is 0 Å². The van der Waals surface area contributed by atoms with Crippen molar-refractivity contribution >= 4 is 36.4 Å². The Balaban J connectivity index is 0.00000210. The molecule has 0 spiro atoms. The largest absolute Gasteiger partial charge is 0.497 e. The number of halogens is 2. The van der Waals surface area contributed by atoms with Gasteiger partial charge in [-0.1, -0.05) is 0 Å². The summed E-state index contributed by atoms with van der Waals surface area (Å²) in [5, 5.41) is 3.06. The van der Waals surface area contributed by atoms with E-state index in [-0.39, 0.29) is 36.6 Å². The van der Waals surface area contributed by atoms with E-state index in [9.17, 15) is 4.79 Å². The third kappa shape index (κ3) is 6.81. The van der Waals surface area contributed by atoms with Crippen molar-refractivity contribution in [3.63, 3.8) is 0 Å². The third-order valence-corrected chi connectivity index (χ3v) is 5.63. The molecule has 2 atom stereocenters. The maximum absolute atomic E-state index is 12.4. The van der Waals surface area contributed by atoms with Gasteiger partial charge in [0.2, 0.25) is 5.91 Å². The number of hydrogen-bond donors (Lipinski definition) is 2. The summed E-state index contributed by atoms with van der Waals surface area (Å²) >= 11 is 0. The van der Waals surface area contributed by atoms with Crippen LogP contribution in [0.3, 0.4) is 0 Å². The van der Waals surface area contributed by atoms with Crippen LogP contribution in [0.15, 0.2) is 18.2 Å². The zero-order valence-corrected chi connectivity index (χ0v) is 18.7. The van der Waals surface area contributed by atoms with Crippen LogP contribution in [0.1, 0.15) is 19.3 Å². The fourth-order valence-corrected chi connectivity index (χ4v) is 3.86. The number of benzene rings is 1. The van der Waals surface area contributed by atoms with E-state index in [2.05, 4.69) is 10.2 Å². The summed E-state index contributed by atoms with van der Waals surface area (Å²) in [5.41, 5.74) is 7.24. The van der Waals surface area contributed by atoms with E-state index in [1.165, 1.54) is 0 Å². The first kappa shape index (κ1) is 25.6. The first-order chi connectivity index (χ1) is 13.1. The summed E-state index contributed by atoms with van der Waals surface area (Å²) in [5.74, 6) is 2.16. The number of ether oxygens (including phenoxy) is 3. The van der Waals surface area contributed by atoms with Gasteiger partial charge >= 0.3 is 0 Å². The summed E-state index contributed by atoms with van der Waals surface area (Å²) in [6, 6.07) is 5.47. The second-order valence-electron chi connectivity index (χ2n) is 7.39. The molecule has 2 unspecified atom stereocenters. The quantitative estimate of drug-likeness (QED) is 0.663. The SMILES string of the molecule is COc1cc(OC)cc(N2CCC(CNC(=O)C(N)C3CCOCC3)C2)c1.Cl.Cl. The standard InChI is InChI=1S/C20H31N3O4.2ClH/c1-25-17-9-16(10-18(11-17)26-2)23-6-3-14(13-23)12-22-20(24)19(21)15-4-7-27-8-5-15;;/h9-11,14-15,19H,3-8,12-13,21H2,1-2H3,(H,22,24);2*1H. The molecule has 0 radical (unpaired) electrons. The normalized spacial score (nSPS) is 20.2. The first-order valence-corrected chi connectivity index (χ1v) is 9.69. The van der Waals surface area contributed by atoms with Crippen LogP contribution in [-0.4, -0.2) is 59.0 Å². The molecule has 0 saturated carbocycles. The number of carbonyl (C=O) groups is 1. The Hall–Kier alpha value is -1.41. The molecule has 1 amide bonds. The van der Waals surface area contributed by atoms with Crippen LogP contribution >= 0.6 is 24.8 Å². The molecule has 1 aromatic carbocycles. The number of methoxy groups -OCH3 is 2. The minimum Gasteiger partial charge on any atom is -0.497 e. The van der Waals surface area contributed by atoms with Gasteiger partial charge in [-0.15, -0.1) is 24.8 Å². The second kappa shape index (κ2) is 12.3. The smallest absolute Gasteiger partial charge is 0.237 e. The molecule has 2 saturated heterocycles.